The van der Waals surface area contributed by atoms with E-state index in [9.17, 15) is 26.8 Å². The Balaban J connectivity index is 1.98. The summed E-state index contributed by atoms with van der Waals surface area (Å²) in [4.78, 5) is 23.8. The Morgan fingerprint density at radius 1 is 1.00 bits per heavy atom. The lowest BCUT2D eigenvalue weighted by molar-refractivity contribution is -0.116. The van der Waals surface area contributed by atoms with Crippen LogP contribution >= 0.6 is 0 Å². The van der Waals surface area contributed by atoms with Crippen LogP contribution in [0.25, 0.3) is 0 Å². The van der Waals surface area contributed by atoms with Crippen LogP contribution in [-0.4, -0.2) is 39.7 Å². The van der Waals surface area contributed by atoms with Gasteiger partial charge in [0.2, 0.25) is 15.9 Å². The van der Waals surface area contributed by atoms with E-state index in [4.69, 9.17) is 9.47 Å². The minimum atomic E-state index is -4.13. The van der Waals surface area contributed by atoms with Gasteiger partial charge in [0.1, 0.15) is 11.4 Å². The fourth-order valence-corrected chi connectivity index (χ4v) is 3.59. The van der Waals surface area contributed by atoms with Crippen LogP contribution in [0.3, 0.4) is 0 Å². The first-order valence-electron chi connectivity index (χ1n) is 9.73. The maximum atomic E-state index is 13.3. The van der Waals surface area contributed by atoms with E-state index in [1.165, 1.54) is 25.3 Å². The topological polar surface area (TPSA) is 123 Å². The number of carbonyl (C=O) groups excluding carboxylic acids is 2. The van der Waals surface area contributed by atoms with E-state index in [0.29, 0.717) is 23.6 Å². The van der Waals surface area contributed by atoms with Crippen LogP contribution in [0, 0.1) is 11.6 Å². The number of hydrogen-bond donors (Lipinski definition) is 3. The summed E-state index contributed by atoms with van der Waals surface area (Å²) in [6, 6.07) is 6.66. The molecule has 12 heteroatoms. The molecule has 0 saturated carbocycles. The number of carbonyl (C=O) groups is 2. The van der Waals surface area contributed by atoms with Crippen molar-refractivity contribution in [2.75, 3.05) is 24.3 Å². The molecule has 0 saturated heterocycles. The zero-order chi connectivity index (χ0) is 24.8. The number of nitrogens with one attached hydrogen (secondary N) is 3. The molecule has 0 radical (unpaired) electrons. The zero-order valence-electron chi connectivity index (χ0n) is 18.5. The second-order valence-corrected chi connectivity index (χ2v) is 9.58. The van der Waals surface area contributed by atoms with E-state index in [2.05, 4.69) is 15.4 Å². The second kappa shape index (κ2) is 10.6. The van der Waals surface area contributed by atoms with Crippen LogP contribution in [-0.2, 0) is 19.6 Å². The number of hydrogen-bond acceptors (Lipinski definition) is 6. The van der Waals surface area contributed by atoms with Gasteiger partial charge in [0.15, 0.2) is 11.6 Å². The molecule has 2 aromatic carbocycles. The van der Waals surface area contributed by atoms with Gasteiger partial charge in [-0.05, 0) is 57.2 Å². The van der Waals surface area contributed by atoms with Crippen molar-refractivity contribution in [3.63, 3.8) is 0 Å². The molecule has 0 aromatic heterocycles. The van der Waals surface area contributed by atoms with Gasteiger partial charge in [-0.25, -0.2) is 26.7 Å². The molecule has 0 aliphatic heterocycles. The third-order valence-corrected chi connectivity index (χ3v) is 5.42. The Labute approximate surface area is 190 Å². The smallest absolute Gasteiger partial charge is 0.412 e. The number of methoxy groups -OCH3 is 1. The van der Waals surface area contributed by atoms with Crippen LogP contribution in [0.15, 0.2) is 41.3 Å². The minimum Gasteiger partial charge on any atom is -0.495 e. The summed E-state index contributed by atoms with van der Waals surface area (Å²) in [5, 5.41) is 5.10. The van der Waals surface area contributed by atoms with Gasteiger partial charge in [0, 0.05) is 18.7 Å². The molecule has 0 unspecified atom stereocenters. The molecular weight excluding hydrogens is 460 g/mol. The molecule has 2 aromatic rings. The number of benzene rings is 2. The van der Waals surface area contributed by atoms with Gasteiger partial charge in [0.25, 0.3) is 0 Å². The fraction of sp³-hybridized carbons (Fsp3) is 0.333. The van der Waals surface area contributed by atoms with Crippen molar-refractivity contribution in [1.82, 2.24) is 4.72 Å². The molecule has 2 rings (SSSR count). The van der Waals surface area contributed by atoms with Crippen molar-refractivity contribution in [2.24, 2.45) is 0 Å². The number of sulfonamides is 1. The molecule has 0 bridgehead atoms. The van der Waals surface area contributed by atoms with Crippen molar-refractivity contribution in [3.05, 3.63) is 48.0 Å². The fourth-order valence-electron chi connectivity index (χ4n) is 2.55. The van der Waals surface area contributed by atoms with Gasteiger partial charge < -0.3 is 14.8 Å². The summed E-state index contributed by atoms with van der Waals surface area (Å²) < 4.78 is 63.1. The highest BCUT2D eigenvalue weighted by atomic mass is 32.2. The Bertz CT molecular complexity index is 1130. The predicted molar refractivity (Wildman–Crippen MR) is 118 cm³/mol. The number of rotatable bonds is 8. The number of amides is 2. The van der Waals surface area contributed by atoms with Crippen molar-refractivity contribution in [3.8, 4) is 5.75 Å². The maximum absolute atomic E-state index is 13.3. The molecule has 0 spiro atoms. The van der Waals surface area contributed by atoms with E-state index in [0.717, 1.165) is 6.07 Å². The minimum absolute atomic E-state index is 0.246. The van der Waals surface area contributed by atoms with E-state index in [-0.39, 0.29) is 18.7 Å². The standard InChI is InChI=1S/C21H25F2N3O6S/c1-21(2,3)32-20(28)26-17-11-13(5-8-18(17)31-4)25-19(27)9-10-24-33(29,30)14-6-7-15(22)16(23)12-14/h5-8,11-12,24H,9-10H2,1-4H3,(H,25,27)(H,26,28). The maximum Gasteiger partial charge on any atom is 0.412 e. The van der Waals surface area contributed by atoms with E-state index < -0.39 is 44.2 Å². The summed E-state index contributed by atoms with van der Waals surface area (Å²) in [6.07, 6.45) is -0.958. The summed E-state index contributed by atoms with van der Waals surface area (Å²) >= 11 is 0. The highest BCUT2D eigenvalue weighted by Gasteiger charge is 2.19. The molecule has 2 amide bonds. The Kier molecular flexibility index (Phi) is 8.34. The quantitative estimate of drug-likeness (QED) is 0.525. The van der Waals surface area contributed by atoms with Gasteiger partial charge in [-0.1, -0.05) is 0 Å². The molecule has 33 heavy (non-hydrogen) atoms. The SMILES string of the molecule is COc1ccc(NC(=O)CCNS(=O)(=O)c2ccc(F)c(F)c2)cc1NC(=O)OC(C)(C)C. The second-order valence-electron chi connectivity index (χ2n) is 7.81. The lowest BCUT2D eigenvalue weighted by Gasteiger charge is -2.20. The van der Waals surface area contributed by atoms with Crippen molar-refractivity contribution >= 4 is 33.4 Å². The average Bonchev–Trinajstić information content (AvgIpc) is 2.68. The van der Waals surface area contributed by atoms with Gasteiger partial charge in [-0.2, -0.15) is 0 Å². The summed E-state index contributed by atoms with van der Waals surface area (Å²) in [5.74, 6) is -2.67. The van der Waals surface area contributed by atoms with Crippen molar-refractivity contribution in [1.29, 1.82) is 0 Å². The number of halogens is 2. The van der Waals surface area contributed by atoms with Gasteiger partial charge >= 0.3 is 6.09 Å². The molecule has 0 aliphatic carbocycles. The molecule has 0 aliphatic rings. The molecule has 3 N–H and O–H groups in total. The first-order valence-corrected chi connectivity index (χ1v) is 11.2. The summed E-state index contributed by atoms with van der Waals surface area (Å²) in [7, 11) is -2.72. The van der Waals surface area contributed by atoms with Crippen LogP contribution in [0.4, 0.5) is 25.0 Å². The first kappa shape index (κ1) is 26.0. The van der Waals surface area contributed by atoms with Crippen LogP contribution in [0.1, 0.15) is 27.2 Å². The summed E-state index contributed by atoms with van der Waals surface area (Å²) in [5.41, 5.74) is -0.144. The molecule has 0 heterocycles. The van der Waals surface area contributed by atoms with Crippen molar-refractivity contribution in [2.45, 2.75) is 37.7 Å². The predicted octanol–water partition coefficient (Wildman–Crippen LogP) is 3.63. The molecule has 180 valence electrons. The van der Waals surface area contributed by atoms with Crippen LogP contribution in [0.2, 0.25) is 0 Å². The lowest BCUT2D eigenvalue weighted by atomic mass is 10.2. The van der Waals surface area contributed by atoms with Crippen LogP contribution in [0.5, 0.6) is 5.75 Å². The number of anilines is 2. The average molecular weight is 486 g/mol. The number of ether oxygens (including phenoxy) is 2. The monoisotopic (exact) mass is 485 g/mol. The van der Waals surface area contributed by atoms with Crippen molar-refractivity contribution < 1.29 is 36.3 Å². The third-order valence-electron chi connectivity index (χ3n) is 3.96. The first-order chi connectivity index (χ1) is 15.3. The van der Waals surface area contributed by atoms with E-state index >= 15 is 0 Å². The highest BCUT2D eigenvalue weighted by Crippen LogP contribution is 2.28. The van der Waals surface area contributed by atoms with Gasteiger partial charge in [-0.15, -0.1) is 0 Å². The molecule has 0 atom stereocenters. The Hall–Kier alpha value is -3.25. The Morgan fingerprint density at radius 2 is 1.70 bits per heavy atom. The highest BCUT2D eigenvalue weighted by molar-refractivity contribution is 7.89. The van der Waals surface area contributed by atoms with E-state index in [1.54, 1.807) is 20.8 Å². The van der Waals surface area contributed by atoms with E-state index in [1.807, 2.05) is 0 Å². The van der Waals surface area contributed by atoms with Gasteiger partial charge in [-0.3, -0.25) is 10.1 Å². The van der Waals surface area contributed by atoms with Gasteiger partial charge in [0.05, 0.1) is 17.7 Å². The molecular formula is C21H25F2N3O6S. The zero-order valence-corrected chi connectivity index (χ0v) is 19.3. The van der Waals surface area contributed by atoms with Crippen LogP contribution < -0.4 is 20.1 Å². The molecule has 0 fully saturated rings. The summed E-state index contributed by atoms with van der Waals surface area (Å²) in [6.45, 7) is 4.84. The third kappa shape index (κ3) is 7.99. The Morgan fingerprint density at radius 3 is 2.30 bits per heavy atom. The normalized spacial score (nSPS) is 11.6. The molecule has 9 nitrogen and oxygen atoms in total. The lowest BCUT2D eigenvalue weighted by Crippen LogP contribution is -2.28. The largest absolute Gasteiger partial charge is 0.495 e.